The van der Waals surface area contributed by atoms with Gasteiger partial charge in [-0.05, 0) is 23.8 Å². The van der Waals surface area contributed by atoms with Gasteiger partial charge in [0.15, 0.2) is 11.7 Å². The van der Waals surface area contributed by atoms with Gasteiger partial charge in [-0.1, -0.05) is 12.1 Å². The molecule has 2 atom stereocenters. The molecule has 0 bridgehead atoms. The molecular formula is C13H12F4N2. The summed E-state index contributed by atoms with van der Waals surface area (Å²) in [5.74, 6) is -9.68. The fraction of sp³-hybridized carbons (Fsp3) is 0.231. The van der Waals surface area contributed by atoms with Crippen LogP contribution >= 0.6 is 0 Å². The zero-order chi connectivity index (χ0) is 14.2. The number of hydrogen-bond acceptors (Lipinski definition) is 2. The SMILES string of the molecule is CNc1ccc(C2C=C(F)C(N)(F)C(F)=C2F)cc1. The monoisotopic (exact) mass is 272 g/mol. The van der Waals surface area contributed by atoms with Gasteiger partial charge in [-0.15, -0.1) is 0 Å². The molecule has 3 N–H and O–H groups in total. The molecule has 1 aromatic carbocycles. The van der Waals surface area contributed by atoms with Gasteiger partial charge in [0.25, 0.3) is 5.79 Å². The van der Waals surface area contributed by atoms with E-state index in [2.05, 4.69) is 5.32 Å². The Bertz CT molecular complexity index is 546. The van der Waals surface area contributed by atoms with E-state index in [1.165, 1.54) is 12.1 Å². The largest absolute Gasteiger partial charge is 0.388 e. The van der Waals surface area contributed by atoms with Crippen LogP contribution in [0.5, 0.6) is 0 Å². The second-order valence-electron chi connectivity index (χ2n) is 4.24. The van der Waals surface area contributed by atoms with E-state index >= 15 is 0 Å². The summed E-state index contributed by atoms with van der Waals surface area (Å²) in [6.07, 6.45) is 0.646. The lowest BCUT2D eigenvalue weighted by molar-refractivity contribution is 0.174. The first-order valence-corrected chi connectivity index (χ1v) is 5.57. The number of rotatable bonds is 2. The van der Waals surface area contributed by atoms with Gasteiger partial charge < -0.3 is 5.32 Å². The van der Waals surface area contributed by atoms with Crippen LogP contribution in [0.25, 0.3) is 0 Å². The lowest BCUT2D eigenvalue weighted by Crippen LogP contribution is -2.39. The summed E-state index contributed by atoms with van der Waals surface area (Å²) in [4.78, 5) is 0. The van der Waals surface area contributed by atoms with Crippen LogP contribution in [0.15, 0.2) is 47.8 Å². The third kappa shape index (κ3) is 2.23. The van der Waals surface area contributed by atoms with Crippen molar-refractivity contribution in [3.05, 3.63) is 53.4 Å². The van der Waals surface area contributed by atoms with E-state index in [9.17, 15) is 17.6 Å². The highest BCUT2D eigenvalue weighted by Gasteiger charge is 2.44. The molecule has 1 aliphatic rings. The molecule has 0 amide bonds. The number of halogens is 4. The molecule has 1 aromatic rings. The van der Waals surface area contributed by atoms with Crippen LogP contribution < -0.4 is 11.1 Å². The second-order valence-corrected chi connectivity index (χ2v) is 4.24. The smallest absolute Gasteiger partial charge is 0.265 e. The van der Waals surface area contributed by atoms with E-state index < -0.39 is 29.2 Å². The molecule has 0 saturated heterocycles. The van der Waals surface area contributed by atoms with Crippen LogP contribution in [-0.2, 0) is 0 Å². The number of hydrogen-bond donors (Lipinski definition) is 2. The molecule has 0 aromatic heterocycles. The van der Waals surface area contributed by atoms with Crippen LogP contribution in [0.3, 0.4) is 0 Å². The fourth-order valence-corrected chi connectivity index (χ4v) is 1.86. The fourth-order valence-electron chi connectivity index (χ4n) is 1.86. The van der Waals surface area contributed by atoms with Crippen molar-refractivity contribution in [3.8, 4) is 0 Å². The van der Waals surface area contributed by atoms with Crippen LogP contribution in [-0.4, -0.2) is 12.8 Å². The van der Waals surface area contributed by atoms with Gasteiger partial charge in [0, 0.05) is 12.7 Å². The molecule has 2 unspecified atom stereocenters. The summed E-state index contributed by atoms with van der Waals surface area (Å²) < 4.78 is 53.9. The van der Waals surface area contributed by atoms with Gasteiger partial charge in [-0.2, -0.15) is 0 Å². The number of benzene rings is 1. The van der Waals surface area contributed by atoms with Crippen molar-refractivity contribution in [2.24, 2.45) is 5.73 Å². The Kier molecular flexibility index (Phi) is 3.36. The number of nitrogens with one attached hydrogen (secondary N) is 1. The summed E-state index contributed by atoms with van der Waals surface area (Å²) in [5.41, 5.74) is 5.81. The highest BCUT2D eigenvalue weighted by molar-refractivity contribution is 5.48. The van der Waals surface area contributed by atoms with E-state index in [0.29, 0.717) is 11.6 Å². The minimum absolute atomic E-state index is 0.303. The molecule has 2 nitrogen and oxygen atoms in total. The van der Waals surface area contributed by atoms with Crippen molar-refractivity contribution >= 4 is 5.69 Å². The van der Waals surface area contributed by atoms with E-state index in [0.717, 1.165) is 5.69 Å². The summed E-state index contributed by atoms with van der Waals surface area (Å²) >= 11 is 0. The van der Waals surface area contributed by atoms with Gasteiger partial charge in [-0.25, -0.2) is 17.6 Å². The summed E-state index contributed by atoms with van der Waals surface area (Å²) in [7, 11) is 1.70. The Morgan fingerprint density at radius 2 is 1.74 bits per heavy atom. The third-order valence-corrected chi connectivity index (χ3v) is 3.02. The number of anilines is 1. The normalized spacial score (nSPS) is 27.3. The lowest BCUT2D eigenvalue weighted by Gasteiger charge is -2.25. The first kappa shape index (κ1) is 13.6. The van der Waals surface area contributed by atoms with Gasteiger partial charge in [-0.3, -0.25) is 5.73 Å². The van der Waals surface area contributed by atoms with E-state index in [4.69, 9.17) is 5.73 Å². The van der Waals surface area contributed by atoms with Crippen molar-refractivity contribution in [3.63, 3.8) is 0 Å². The molecule has 0 saturated carbocycles. The lowest BCUT2D eigenvalue weighted by atomic mass is 9.90. The van der Waals surface area contributed by atoms with E-state index in [1.807, 2.05) is 0 Å². The Morgan fingerprint density at radius 1 is 1.16 bits per heavy atom. The zero-order valence-corrected chi connectivity index (χ0v) is 10.1. The van der Waals surface area contributed by atoms with Crippen molar-refractivity contribution in [1.29, 1.82) is 0 Å². The number of alkyl halides is 1. The van der Waals surface area contributed by atoms with E-state index in [1.54, 1.807) is 19.2 Å². The van der Waals surface area contributed by atoms with Crippen molar-refractivity contribution in [1.82, 2.24) is 0 Å². The van der Waals surface area contributed by atoms with Crippen molar-refractivity contribution in [2.75, 3.05) is 12.4 Å². The quantitative estimate of drug-likeness (QED) is 0.639. The maximum Gasteiger partial charge on any atom is 0.265 e. The highest BCUT2D eigenvalue weighted by atomic mass is 19.2. The molecule has 0 aliphatic heterocycles. The second kappa shape index (κ2) is 4.70. The van der Waals surface area contributed by atoms with Crippen LogP contribution in [0.2, 0.25) is 0 Å². The molecule has 0 heterocycles. The molecule has 2 rings (SSSR count). The Balaban J connectivity index is 2.43. The molecule has 0 fully saturated rings. The Labute approximate surface area is 107 Å². The molecule has 6 heteroatoms. The minimum Gasteiger partial charge on any atom is -0.388 e. The maximum atomic E-state index is 13.7. The molecule has 0 radical (unpaired) electrons. The first-order valence-electron chi connectivity index (χ1n) is 5.57. The average Bonchev–Trinajstić information content (AvgIpc) is 2.41. The maximum absolute atomic E-state index is 13.7. The van der Waals surface area contributed by atoms with Gasteiger partial charge in [0.05, 0.1) is 5.92 Å². The summed E-state index contributed by atoms with van der Waals surface area (Å²) in [6.45, 7) is 0. The topological polar surface area (TPSA) is 38.0 Å². The Morgan fingerprint density at radius 3 is 2.26 bits per heavy atom. The van der Waals surface area contributed by atoms with Gasteiger partial charge in [0.2, 0.25) is 0 Å². The minimum atomic E-state index is -3.51. The first-order chi connectivity index (χ1) is 8.87. The molecule has 102 valence electrons. The predicted molar refractivity (Wildman–Crippen MR) is 65.2 cm³/mol. The predicted octanol–water partition coefficient (Wildman–Crippen LogP) is 3.45. The molecular weight excluding hydrogens is 260 g/mol. The van der Waals surface area contributed by atoms with Crippen molar-refractivity contribution in [2.45, 2.75) is 11.7 Å². The van der Waals surface area contributed by atoms with Crippen LogP contribution in [0, 0.1) is 0 Å². The number of nitrogens with two attached hydrogens (primary N) is 1. The Hall–Kier alpha value is -1.82. The summed E-state index contributed by atoms with van der Waals surface area (Å²) in [6, 6.07) is 6.22. The van der Waals surface area contributed by atoms with Crippen molar-refractivity contribution < 1.29 is 17.6 Å². The zero-order valence-electron chi connectivity index (χ0n) is 10.1. The third-order valence-electron chi connectivity index (χ3n) is 3.02. The molecule has 19 heavy (non-hydrogen) atoms. The average molecular weight is 272 g/mol. The summed E-state index contributed by atoms with van der Waals surface area (Å²) in [5, 5.41) is 2.85. The standard InChI is InChI=1S/C13H12F4N2/c1-19-8-4-2-7(3-5-8)9-6-10(14)13(17,18)12(16)11(9)15/h2-6,9,19H,18H2,1H3. The van der Waals surface area contributed by atoms with Crippen LogP contribution in [0.4, 0.5) is 23.2 Å². The molecule has 0 spiro atoms. The van der Waals surface area contributed by atoms with Gasteiger partial charge >= 0.3 is 0 Å². The highest BCUT2D eigenvalue weighted by Crippen LogP contribution is 2.42. The van der Waals surface area contributed by atoms with Crippen LogP contribution in [0.1, 0.15) is 11.5 Å². The number of allylic oxidation sites excluding steroid dienone is 2. The molecule has 1 aliphatic carbocycles. The van der Waals surface area contributed by atoms with Gasteiger partial charge in [0.1, 0.15) is 5.83 Å². The van der Waals surface area contributed by atoms with E-state index in [-0.39, 0.29) is 0 Å².